The fourth-order valence-electron chi connectivity index (χ4n) is 1.74. The number of benzene rings is 1. The van der Waals surface area contributed by atoms with Crippen LogP contribution >= 0.6 is 46.4 Å². The molecular formula is C12H12ClIN4OS. The lowest BCUT2D eigenvalue weighted by atomic mass is 10.2. The van der Waals surface area contributed by atoms with Crippen LogP contribution in [0.3, 0.4) is 0 Å². The van der Waals surface area contributed by atoms with Gasteiger partial charge in [-0.25, -0.2) is 0 Å². The number of carbonyl (C=O) groups is 1. The van der Waals surface area contributed by atoms with Crippen LogP contribution in [0.5, 0.6) is 0 Å². The van der Waals surface area contributed by atoms with Crippen LogP contribution in [0.25, 0.3) is 0 Å². The van der Waals surface area contributed by atoms with Crippen molar-refractivity contribution < 1.29 is 4.79 Å². The van der Waals surface area contributed by atoms with Crippen LogP contribution in [0.4, 0.5) is 0 Å². The first-order valence-electron chi connectivity index (χ1n) is 5.90. The molecule has 0 bridgehead atoms. The molecule has 1 aromatic heterocycles. The van der Waals surface area contributed by atoms with Crippen LogP contribution in [0.15, 0.2) is 18.2 Å². The number of rotatable bonds is 4. The number of carbonyl (C=O) groups excluding carboxylic acids is 1. The summed E-state index contributed by atoms with van der Waals surface area (Å²) in [7, 11) is 0. The Kier molecular flexibility index (Phi) is 5.17. The van der Waals surface area contributed by atoms with E-state index in [0.717, 1.165) is 3.57 Å². The van der Waals surface area contributed by atoms with Gasteiger partial charge < -0.3 is 9.88 Å². The third kappa shape index (κ3) is 3.39. The van der Waals surface area contributed by atoms with Gasteiger partial charge in [0.1, 0.15) is 0 Å². The van der Waals surface area contributed by atoms with Crippen LogP contribution in [-0.2, 0) is 13.1 Å². The Balaban J connectivity index is 2.10. The summed E-state index contributed by atoms with van der Waals surface area (Å²) >= 11 is 13.1. The van der Waals surface area contributed by atoms with Crippen molar-refractivity contribution in [3.63, 3.8) is 0 Å². The van der Waals surface area contributed by atoms with Crippen molar-refractivity contribution in [2.75, 3.05) is 0 Å². The van der Waals surface area contributed by atoms with Crippen molar-refractivity contribution in [3.05, 3.63) is 43.0 Å². The summed E-state index contributed by atoms with van der Waals surface area (Å²) in [5.74, 6) is 0.539. The van der Waals surface area contributed by atoms with Crippen molar-refractivity contribution >= 4 is 52.3 Å². The highest BCUT2D eigenvalue weighted by atomic mass is 127. The Hall–Kier alpha value is -0.930. The molecule has 0 saturated heterocycles. The van der Waals surface area contributed by atoms with E-state index in [0.29, 0.717) is 34.3 Å². The maximum Gasteiger partial charge on any atom is 0.252 e. The Labute approximate surface area is 139 Å². The molecule has 1 amide bonds. The van der Waals surface area contributed by atoms with Gasteiger partial charge in [-0.3, -0.25) is 9.89 Å². The van der Waals surface area contributed by atoms with Crippen molar-refractivity contribution in [1.29, 1.82) is 0 Å². The minimum absolute atomic E-state index is 0.164. The maximum absolute atomic E-state index is 12.1. The summed E-state index contributed by atoms with van der Waals surface area (Å²) in [6.45, 7) is 3.00. The zero-order chi connectivity index (χ0) is 14.7. The van der Waals surface area contributed by atoms with Crippen molar-refractivity contribution in [2.24, 2.45) is 0 Å². The monoisotopic (exact) mass is 422 g/mol. The van der Waals surface area contributed by atoms with E-state index in [4.69, 9.17) is 23.8 Å². The summed E-state index contributed by atoms with van der Waals surface area (Å²) in [5.41, 5.74) is 0.590. The molecule has 0 spiro atoms. The molecule has 20 heavy (non-hydrogen) atoms. The molecule has 2 N–H and O–H groups in total. The second-order valence-electron chi connectivity index (χ2n) is 4.00. The third-order valence-electron chi connectivity index (χ3n) is 2.74. The van der Waals surface area contributed by atoms with E-state index >= 15 is 0 Å². The zero-order valence-corrected chi connectivity index (χ0v) is 14.3. The quantitative estimate of drug-likeness (QED) is 0.588. The zero-order valence-electron chi connectivity index (χ0n) is 10.6. The van der Waals surface area contributed by atoms with Gasteiger partial charge in [0.2, 0.25) is 0 Å². The Morgan fingerprint density at radius 1 is 1.60 bits per heavy atom. The lowest BCUT2D eigenvalue weighted by Crippen LogP contribution is -2.25. The molecule has 0 saturated carbocycles. The SMILES string of the molecule is CCn1c(CNC(=O)c2ccc(Cl)cc2I)n[nH]c1=S. The molecule has 2 rings (SSSR count). The van der Waals surface area contributed by atoms with E-state index < -0.39 is 0 Å². The summed E-state index contributed by atoms with van der Waals surface area (Å²) in [6.07, 6.45) is 0. The molecule has 1 aromatic carbocycles. The number of nitrogens with one attached hydrogen (secondary N) is 2. The van der Waals surface area contributed by atoms with Gasteiger partial charge >= 0.3 is 0 Å². The normalized spacial score (nSPS) is 10.6. The first-order chi connectivity index (χ1) is 9.52. The Morgan fingerprint density at radius 2 is 2.35 bits per heavy atom. The highest BCUT2D eigenvalue weighted by Gasteiger charge is 2.12. The van der Waals surface area contributed by atoms with E-state index in [1.807, 2.05) is 11.5 Å². The van der Waals surface area contributed by atoms with Crippen molar-refractivity contribution in [2.45, 2.75) is 20.0 Å². The van der Waals surface area contributed by atoms with Crippen LogP contribution in [0.2, 0.25) is 5.02 Å². The first kappa shape index (κ1) is 15.5. The lowest BCUT2D eigenvalue weighted by Gasteiger charge is -2.07. The first-order valence-corrected chi connectivity index (χ1v) is 7.76. The molecule has 2 aromatic rings. The average molecular weight is 423 g/mol. The van der Waals surface area contributed by atoms with Crippen molar-refractivity contribution in [3.8, 4) is 0 Å². The third-order valence-corrected chi connectivity index (χ3v) is 4.18. The number of amides is 1. The molecule has 0 aliphatic heterocycles. The summed E-state index contributed by atoms with van der Waals surface area (Å²) in [4.78, 5) is 12.1. The van der Waals surface area contributed by atoms with Gasteiger partial charge in [0.15, 0.2) is 10.6 Å². The van der Waals surface area contributed by atoms with E-state index in [9.17, 15) is 4.79 Å². The molecular weight excluding hydrogens is 411 g/mol. The standard InChI is InChI=1S/C12H12ClIN4OS/c1-2-18-10(16-17-12(18)20)6-15-11(19)8-4-3-7(13)5-9(8)14/h3-5H,2,6H2,1H3,(H,15,19)(H,17,20). The van der Waals surface area contributed by atoms with Crippen LogP contribution in [-0.4, -0.2) is 20.7 Å². The number of aromatic amines is 1. The van der Waals surface area contributed by atoms with E-state index in [1.54, 1.807) is 18.2 Å². The molecule has 1 heterocycles. The van der Waals surface area contributed by atoms with Crippen LogP contribution in [0, 0.1) is 8.34 Å². The lowest BCUT2D eigenvalue weighted by molar-refractivity contribution is 0.0948. The fraction of sp³-hybridized carbons (Fsp3) is 0.250. The second-order valence-corrected chi connectivity index (χ2v) is 5.98. The molecule has 8 heteroatoms. The molecule has 0 radical (unpaired) electrons. The number of hydrogen-bond acceptors (Lipinski definition) is 3. The number of halogens is 2. The number of H-pyrrole nitrogens is 1. The van der Waals surface area contributed by atoms with Gasteiger partial charge in [0.05, 0.1) is 12.1 Å². The highest BCUT2D eigenvalue weighted by Crippen LogP contribution is 2.18. The Morgan fingerprint density at radius 3 is 3.00 bits per heavy atom. The minimum Gasteiger partial charge on any atom is -0.345 e. The molecule has 5 nitrogen and oxygen atoms in total. The van der Waals surface area contributed by atoms with Gasteiger partial charge in [0.25, 0.3) is 5.91 Å². The van der Waals surface area contributed by atoms with E-state index in [2.05, 4.69) is 38.1 Å². The Bertz CT molecular complexity index is 697. The molecule has 0 fully saturated rings. The number of aromatic nitrogens is 3. The molecule has 0 unspecified atom stereocenters. The molecule has 0 atom stereocenters. The fourth-order valence-corrected chi connectivity index (χ4v) is 3.14. The van der Waals surface area contributed by atoms with E-state index in [-0.39, 0.29) is 5.91 Å². The maximum atomic E-state index is 12.1. The van der Waals surface area contributed by atoms with Gasteiger partial charge in [-0.2, -0.15) is 5.10 Å². The summed E-state index contributed by atoms with van der Waals surface area (Å²) in [6, 6.07) is 5.15. The summed E-state index contributed by atoms with van der Waals surface area (Å²) in [5, 5.41) is 10.2. The molecule has 0 aliphatic carbocycles. The van der Waals surface area contributed by atoms with Crippen LogP contribution in [0.1, 0.15) is 23.1 Å². The second kappa shape index (κ2) is 6.68. The predicted molar refractivity (Wildman–Crippen MR) is 88.4 cm³/mol. The van der Waals surface area contributed by atoms with Gasteiger partial charge in [-0.15, -0.1) is 0 Å². The predicted octanol–water partition coefficient (Wildman–Crippen LogP) is 3.15. The number of hydrogen-bond donors (Lipinski definition) is 2. The van der Waals surface area contributed by atoms with E-state index in [1.165, 1.54) is 0 Å². The summed E-state index contributed by atoms with van der Waals surface area (Å²) < 4.78 is 3.20. The molecule has 106 valence electrons. The van der Waals surface area contributed by atoms with Crippen LogP contribution < -0.4 is 5.32 Å². The van der Waals surface area contributed by atoms with Gasteiger partial charge in [-0.05, 0) is 59.9 Å². The average Bonchev–Trinajstić information content (AvgIpc) is 2.76. The molecule has 0 aliphatic rings. The van der Waals surface area contributed by atoms with Crippen molar-refractivity contribution in [1.82, 2.24) is 20.1 Å². The smallest absolute Gasteiger partial charge is 0.252 e. The van der Waals surface area contributed by atoms with Gasteiger partial charge in [-0.1, -0.05) is 11.6 Å². The topological polar surface area (TPSA) is 62.7 Å². The van der Waals surface area contributed by atoms with Gasteiger partial charge in [0, 0.05) is 15.1 Å². The highest BCUT2D eigenvalue weighted by molar-refractivity contribution is 14.1. The minimum atomic E-state index is -0.164. The largest absolute Gasteiger partial charge is 0.345 e. The number of nitrogens with zero attached hydrogens (tertiary/aromatic N) is 2.